The molecular weight excluding hydrogens is 332 g/mol. The first-order chi connectivity index (χ1) is 8.54. The van der Waals surface area contributed by atoms with Crippen LogP contribution in [0.2, 0.25) is 5.02 Å². The lowest BCUT2D eigenvalue weighted by Gasteiger charge is -2.14. The molecule has 2 aromatic heterocycles. The maximum Gasteiger partial charge on any atom is 0.145 e. The standard InChI is InChI=1S/C13H14BrClN2S/c1-8(5-11-4-3-9(2)18-11)17-13-12(15)6-10(14)7-16-13/h3-4,6-8H,5H2,1-2H3,(H,16,17). The number of rotatable bonds is 4. The van der Waals surface area contributed by atoms with E-state index >= 15 is 0 Å². The van der Waals surface area contributed by atoms with Gasteiger partial charge >= 0.3 is 0 Å². The van der Waals surface area contributed by atoms with E-state index in [0.717, 1.165) is 16.7 Å². The van der Waals surface area contributed by atoms with E-state index in [1.165, 1.54) is 9.75 Å². The van der Waals surface area contributed by atoms with E-state index in [0.29, 0.717) is 11.1 Å². The van der Waals surface area contributed by atoms with Crippen molar-refractivity contribution in [3.05, 3.63) is 43.6 Å². The first-order valence-electron chi connectivity index (χ1n) is 5.67. The van der Waals surface area contributed by atoms with Crippen molar-refractivity contribution in [2.45, 2.75) is 26.3 Å². The van der Waals surface area contributed by atoms with Gasteiger partial charge in [-0.1, -0.05) is 11.6 Å². The molecule has 1 unspecified atom stereocenters. The molecule has 0 fully saturated rings. The minimum atomic E-state index is 0.300. The maximum absolute atomic E-state index is 6.13. The van der Waals surface area contributed by atoms with Gasteiger partial charge in [0.15, 0.2) is 0 Å². The van der Waals surface area contributed by atoms with Crippen molar-refractivity contribution < 1.29 is 0 Å². The Morgan fingerprint density at radius 3 is 2.89 bits per heavy atom. The van der Waals surface area contributed by atoms with Gasteiger partial charge in [0.05, 0.1) is 5.02 Å². The normalized spacial score (nSPS) is 12.4. The van der Waals surface area contributed by atoms with Crippen LogP contribution >= 0.6 is 38.9 Å². The molecule has 0 amide bonds. The van der Waals surface area contributed by atoms with Crippen molar-refractivity contribution >= 4 is 44.7 Å². The van der Waals surface area contributed by atoms with Crippen LogP contribution in [0.15, 0.2) is 28.9 Å². The molecule has 2 heterocycles. The van der Waals surface area contributed by atoms with Gasteiger partial charge in [0.25, 0.3) is 0 Å². The lowest BCUT2D eigenvalue weighted by molar-refractivity contribution is 0.794. The zero-order valence-corrected chi connectivity index (χ0v) is 13.4. The number of thiophene rings is 1. The number of nitrogens with zero attached hydrogens (tertiary/aromatic N) is 1. The van der Waals surface area contributed by atoms with E-state index in [9.17, 15) is 0 Å². The highest BCUT2D eigenvalue weighted by Crippen LogP contribution is 2.24. The van der Waals surface area contributed by atoms with Crippen LogP contribution in [0, 0.1) is 6.92 Å². The third-order valence-electron chi connectivity index (χ3n) is 2.49. The second-order valence-electron chi connectivity index (χ2n) is 4.25. The molecule has 0 aromatic carbocycles. The van der Waals surface area contributed by atoms with Gasteiger partial charge in [-0.2, -0.15) is 0 Å². The van der Waals surface area contributed by atoms with Gasteiger partial charge in [-0.3, -0.25) is 0 Å². The second kappa shape index (κ2) is 6.04. The van der Waals surface area contributed by atoms with Crippen LogP contribution in [0.3, 0.4) is 0 Å². The molecule has 0 saturated heterocycles. The van der Waals surface area contributed by atoms with Crippen LogP contribution in [-0.4, -0.2) is 11.0 Å². The quantitative estimate of drug-likeness (QED) is 0.851. The predicted molar refractivity (Wildman–Crippen MR) is 82.8 cm³/mol. The SMILES string of the molecule is Cc1ccc(CC(C)Nc2ncc(Br)cc2Cl)s1. The number of aromatic nitrogens is 1. The van der Waals surface area contributed by atoms with Crippen LogP contribution in [0.4, 0.5) is 5.82 Å². The lowest BCUT2D eigenvalue weighted by atomic mass is 10.2. The highest BCUT2D eigenvalue weighted by Gasteiger charge is 2.09. The predicted octanol–water partition coefficient (Wildman–Crippen LogP) is 4.91. The summed E-state index contributed by atoms with van der Waals surface area (Å²) in [4.78, 5) is 7.00. The van der Waals surface area contributed by atoms with Crippen molar-refractivity contribution in [2.75, 3.05) is 5.32 Å². The summed E-state index contributed by atoms with van der Waals surface area (Å²) < 4.78 is 0.889. The molecule has 96 valence electrons. The minimum Gasteiger partial charge on any atom is -0.366 e. The molecule has 0 radical (unpaired) electrons. The van der Waals surface area contributed by atoms with Crippen LogP contribution in [0.25, 0.3) is 0 Å². The number of anilines is 1. The topological polar surface area (TPSA) is 24.9 Å². The molecule has 1 atom stereocenters. The Balaban J connectivity index is 2.00. The summed E-state index contributed by atoms with van der Waals surface area (Å²) in [5.74, 6) is 0.737. The fourth-order valence-electron chi connectivity index (χ4n) is 1.70. The second-order valence-corrected chi connectivity index (χ2v) is 6.94. The van der Waals surface area contributed by atoms with E-state index in [-0.39, 0.29) is 0 Å². The summed E-state index contributed by atoms with van der Waals surface area (Å²) in [5.41, 5.74) is 0. The molecule has 0 aliphatic heterocycles. The molecule has 0 aliphatic carbocycles. The number of halogens is 2. The molecule has 18 heavy (non-hydrogen) atoms. The lowest BCUT2D eigenvalue weighted by Crippen LogP contribution is -2.18. The average Bonchev–Trinajstić information content (AvgIpc) is 2.68. The molecule has 2 nitrogen and oxygen atoms in total. The van der Waals surface area contributed by atoms with Gasteiger partial charge in [-0.05, 0) is 48.0 Å². The summed E-state index contributed by atoms with van der Waals surface area (Å²) in [6, 6.07) is 6.47. The molecule has 1 N–H and O–H groups in total. The smallest absolute Gasteiger partial charge is 0.145 e. The molecular formula is C13H14BrClN2S. The Hall–Kier alpha value is -0.580. The Morgan fingerprint density at radius 2 is 2.28 bits per heavy atom. The van der Waals surface area contributed by atoms with Gasteiger partial charge < -0.3 is 5.32 Å². The molecule has 5 heteroatoms. The zero-order chi connectivity index (χ0) is 13.1. The summed E-state index contributed by atoms with van der Waals surface area (Å²) in [6.07, 6.45) is 2.73. The largest absolute Gasteiger partial charge is 0.366 e. The summed E-state index contributed by atoms with van der Waals surface area (Å²) in [7, 11) is 0. The van der Waals surface area contributed by atoms with Crippen molar-refractivity contribution in [1.82, 2.24) is 4.98 Å². The van der Waals surface area contributed by atoms with E-state index < -0.39 is 0 Å². The summed E-state index contributed by atoms with van der Waals surface area (Å²) in [5, 5.41) is 3.98. The Labute approximate surface area is 125 Å². The number of hydrogen-bond donors (Lipinski definition) is 1. The molecule has 0 bridgehead atoms. The van der Waals surface area contributed by atoms with Gasteiger partial charge in [0.1, 0.15) is 5.82 Å². The third kappa shape index (κ3) is 3.70. The van der Waals surface area contributed by atoms with Crippen molar-refractivity contribution in [1.29, 1.82) is 0 Å². The van der Waals surface area contributed by atoms with E-state index in [2.05, 4.69) is 52.2 Å². The van der Waals surface area contributed by atoms with Crippen LogP contribution in [0.1, 0.15) is 16.7 Å². The number of aryl methyl sites for hydroxylation is 1. The van der Waals surface area contributed by atoms with Crippen LogP contribution < -0.4 is 5.32 Å². The monoisotopic (exact) mass is 344 g/mol. The maximum atomic E-state index is 6.13. The Kier molecular flexibility index (Phi) is 4.65. The Bertz CT molecular complexity index is 542. The molecule has 2 rings (SSSR count). The van der Waals surface area contributed by atoms with Crippen LogP contribution in [-0.2, 0) is 6.42 Å². The fourth-order valence-corrected chi connectivity index (χ4v) is 3.40. The fraction of sp³-hybridized carbons (Fsp3) is 0.308. The highest BCUT2D eigenvalue weighted by molar-refractivity contribution is 9.10. The highest BCUT2D eigenvalue weighted by atomic mass is 79.9. The van der Waals surface area contributed by atoms with Gasteiger partial charge in [-0.25, -0.2) is 4.98 Å². The summed E-state index contributed by atoms with van der Waals surface area (Å²) >= 11 is 11.3. The number of pyridine rings is 1. The van der Waals surface area contributed by atoms with Crippen molar-refractivity contribution in [3.63, 3.8) is 0 Å². The number of nitrogens with one attached hydrogen (secondary N) is 1. The minimum absolute atomic E-state index is 0.300. The van der Waals surface area contributed by atoms with Crippen LogP contribution in [0.5, 0.6) is 0 Å². The van der Waals surface area contributed by atoms with E-state index in [1.807, 2.05) is 17.4 Å². The average molecular weight is 346 g/mol. The van der Waals surface area contributed by atoms with Gasteiger partial charge in [-0.15, -0.1) is 11.3 Å². The Morgan fingerprint density at radius 1 is 1.50 bits per heavy atom. The first kappa shape index (κ1) is 13.8. The number of hydrogen-bond acceptors (Lipinski definition) is 3. The van der Waals surface area contributed by atoms with Crippen molar-refractivity contribution in [2.24, 2.45) is 0 Å². The molecule has 2 aromatic rings. The van der Waals surface area contributed by atoms with Gasteiger partial charge in [0, 0.05) is 32.9 Å². The van der Waals surface area contributed by atoms with Gasteiger partial charge in [0.2, 0.25) is 0 Å². The van der Waals surface area contributed by atoms with Crippen molar-refractivity contribution in [3.8, 4) is 0 Å². The first-order valence-corrected chi connectivity index (χ1v) is 7.66. The van der Waals surface area contributed by atoms with E-state index in [1.54, 1.807) is 6.20 Å². The molecule has 0 saturated carbocycles. The molecule has 0 aliphatic rings. The molecule has 0 spiro atoms. The summed E-state index contributed by atoms with van der Waals surface area (Å²) in [6.45, 7) is 4.26. The third-order valence-corrected chi connectivity index (χ3v) is 4.24. The van der Waals surface area contributed by atoms with E-state index in [4.69, 9.17) is 11.6 Å². The zero-order valence-electron chi connectivity index (χ0n) is 10.2.